The molecule has 0 fully saturated rings. The average Bonchev–Trinajstić information content (AvgIpc) is 3.40. The van der Waals surface area contributed by atoms with Crippen molar-refractivity contribution in [3.05, 3.63) is 71.9 Å². The van der Waals surface area contributed by atoms with Crippen molar-refractivity contribution < 1.29 is 22.8 Å². The van der Waals surface area contributed by atoms with Gasteiger partial charge in [0.25, 0.3) is 5.91 Å². The van der Waals surface area contributed by atoms with Gasteiger partial charge in [-0.1, -0.05) is 22.7 Å². The van der Waals surface area contributed by atoms with E-state index in [-0.39, 0.29) is 25.0 Å². The molecule has 0 spiro atoms. The Hall–Kier alpha value is -3.46. The number of carbonyl (C=O) groups is 1. The fraction of sp³-hybridized carbons (Fsp3) is 0.292. The van der Waals surface area contributed by atoms with Crippen molar-refractivity contribution in [1.82, 2.24) is 24.6 Å². The van der Waals surface area contributed by atoms with Crippen molar-refractivity contribution in [2.75, 3.05) is 0 Å². The van der Waals surface area contributed by atoms with Crippen molar-refractivity contribution in [2.24, 2.45) is 7.05 Å². The van der Waals surface area contributed by atoms with Gasteiger partial charge in [-0.2, -0.15) is 5.10 Å². The molecule has 4 aromatic rings. The molecule has 0 bridgehead atoms. The van der Waals surface area contributed by atoms with E-state index in [1.807, 2.05) is 12.1 Å². The van der Waals surface area contributed by atoms with Gasteiger partial charge in [0.05, 0.1) is 11.9 Å². The molecule has 0 saturated heterocycles. The third-order valence-corrected chi connectivity index (χ3v) is 6.10. The molecule has 3 aromatic heterocycles. The van der Waals surface area contributed by atoms with Crippen molar-refractivity contribution in [1.29, 1.82) is 0 Å². The van der Waals surface area contributed by atoms with Crippen LogP contribution >= 0.6 is 8.25 Å². The lowest BCUT2D eigenvalue weighted by Gasteiger charge is -2.07. The predicted octanol–water partition coefficient (Wildman–Crippen LogP) is 4.95. The standard InChI is InChI=1S/C24H25FN5O4P/c1-24(2,3)34-35(32)33-15-30-14-18(13-27-30)20-10-9-16-11-21(29(4)22(16)28-20)23(31)26-12-17-7-5-6-8-19(17)25/h5-11,13-14H,12,15H2,1-4H3/p+1. The molecule has 1 unspecified atom stereocenters. The highest BCUT2D eigenvalue weighted by Gasteiger charge is 2.30. The van der Waals surface area contributed by atoms with Gasteiger partial charge < -0.3 is 9.88 Å². The number of fused-ring (bicyclic) bond motifs is 1. The summed E-state index contributed by atoms with van der Waals surface area (Å²) in [6.45, 7) is 5.42. The molecule has 3 heterocycles. The number of nitrogens with zero attached hydrogens (tertiary/aromatic N) is 4. The van der Waals surface area contributed by atoms with Gasteiger partial charge in [0.2, 0.25) is 0 Å². The SMILES string of the molecule is Cn1c(C(=O)NCc2ccccc2F)cc2ccc(-c3cnn(CO[P+](=O)OC(C)(C)C)c3)nc21. The number of pyridine rings is 1. The van der Waals surface area contributed by atoms with Gasteiger partial charge in [0.15, 0.2) is 6.73 Å². The zero-order valence-electron chi connectivity index (χ0n) is 19.9. The highest BCUT2D eigenvalue weighted by Crippen LogP contribution is 2.31. The van der Waals surface area contributed by atoms with E-state index in [9.17, 15) is 13.8 Å². The van der Waals surface area contributed by atoms with Crippen LogP contribution in [0.3, 0.4) is 0 Å². The molecule has 0 radical (unpaired) electrons. The number of benzene rings is 1. The lowest BCUT2D eigenvalue weighted by molar-refractivity contribution is 0.0929. The van der Waals surface area contributed by atoms with Gasteiger partial charge in [-0.15, -0.1) is 4.52 Å². The number of hydrogen-bond donors (Lipinski definition) is 1. The van der Waals surface area contributed by atoms with E-state index in [0.717, 1.165) is 10.9 Å². The number of carbonyl (C=O) groups excluding carboxylic acids is 1. The molecule has 0 saturated carbocycles. The Kier molecular flexibility index (Phi) is 7.07. The zero-order chi connectivity index (χ0) is 25.2. The molecule has 1 aromatic carbocycles. The Bertz CT molecular complexity index is 1390. The van der Waals surface area contributed by atoms with Crippen molar-refractivity contribution in [2.45, 2.75) is 39.6 Å². The van der Waals surface area contributed by atoms with Crippen LogP contribution in [0.25, 0.3) is 22.3 Å². The van der Waals surface area contributed by atoms with E-state index in [1.54, 1.807) is 69.0 Å². The largest absolute Gasteiger partial charge is 0.699 e. The van der Waals surface area contributed by atoms with Gasteiger partial charge in [0.1, 0.15) is 22.8 Å². The first kappa shape index (κ1) is 24.7. The minimum absolute atomic E-state index is 0.0377. The minimum Gasteiger partial charge on any atom is -0.347 e. The van der Waals surface area contributed by atoms with Gasteiger partial charge >= 0.3 is 8.25 Å². The normalized spacial score (nSPS) is 12.2. The molecule has 182 valence electrons. The highest BCUT2D eigenvalue weighted by atomic mass is 31.1. The van der Waals surface area contributed by atoms with Crippen LogP contribution in [0.2, 0.25) is 0 Å². The number of nitrogens with one attached hydrogen (secondary N) is 1. The van der Waals surface area contributed by atoms with Gasteiger partial charge in [-0.05, 0) is 45.0 Å². The zero-order valence-corrected chi connectivity index (χ0v) is 20.8. The Labute approximate surface area is 202 Å². The summed E-state index contributed by atoms with van der Waals surface area (Å²) in [7, 11) is -0.527. The number of amides is 1. The van der Waals surface area contributed by atoms with E-state index in [2.05, 4.69) is 15.4 Å². The monoisotopic (exact) mass is 498 g/mol. The lowest BCUT2D eigenvalue weighted by Crippen LogP contribution is -2.25. The second-order valence-electron chi connectivity index (χ2n) is 8.93. The Morgan fingerprint density at radius 1 is 1.20 bits per heavy atom. The number of hydrogen-bond acceptors (Lipinski definition) is 6. The van der Waals surface area contributed by atoms with Crippen molar-refractivity contribution in [3.8, 4) is 11.3 Å². The molecule has 11 heteroatoms. The first-order valence-electron chi connectivity index (χ1n) is 10.9. The quantitative estimate of drug-likeness (QED) is 0.345. The van der Waals surface area contributed by atoms with Crippen LogP contribution in [0.4, 0.5) is 4.39 Å². The lowest BCUT2D eigenvalue weighted by atomic mass is 10.2. The van der Waals surface area contributed by atoms with Crippen molar-refractivity contribution >= 4 is 25.2 Å². The average molecular weight is 498 g/mol. The smallest absolute Gasteiger partial charge is 0.347 e. The molecular weight excluding hydrogens is 472 g/mol. The topological polar surface area (TPSA) is 100 Å². The second-order valence-corrected chi connectivity index (χ2v) is 9.81. The third-order valence-electron chi connectivity index (χ3n) is 5.08. The Morgan fingerprint density at radius 2 is 1.97 bits per heavy atom. The molecule has 0 aliphatic heterocycles. The number of aromatic nitrogens is 4. The van der Waals surface area contributed by atoms with Crippen LogP contribution in [0.1, 0.15) is 36.8 Å². The fourth-order valence-corrected chi connectivity index (χ4v) is 4.12. The summed E-state index contributed by atoms with van der Waals surface area (Å²) in [6, 6.07) is 11.8. The van der Waals surface area contributed by atoms with Gasteiger partial charge in [0, 0.05) is 40.9 Å². The maximum absolute atomic E-state index is 13.8. The summed E-state index contributed by atoms with van der Waals surface area (Å²) in [6.07, 6.45) is 3.35. The van der Waals surface area contributed by atoms with Crippen LogP contribution < -0.4 is 5.32 Å². The van der Waals surface area contributed by atoms with Crippen LogP contribution in [-0.2, 0) is 33.9 Å². The molecule has 9 nitrogen and oxygen atoms in total. The summed E-state index contributed by atoms with van der Waals surface area (Å²) in [5.74, 6) is -0.692. The number of aryl methyl sites for hydroxylation is 1. The molecule has 1 N–H and O–H groups in total. The van der Waals surface area contributed by atoms with Crippen LogP contribution in [-0.4, -0.2) is 30.8 Å². The van der Waals surface area contributed by atoms with Crippen LogP contribution in [0.15, 0.2) is 54.9 Å². The highest BCUT2D eigenvalue weighted by molar-refractivity contribution is 7.33. The van der Waals surface area contributed by atoms with E-state index >= 15 is 0 Å². The van der Waals surface area contributed by atoms with Crippen molar-refractivity contribution in [3.63, 3.8) is 0 Å². The summed E-state index contributed by atoms with van der Waals surface area (Å²) < 4.78 is 39.4. The molecular formula is C24H26FN5O4P+. The molecule has 0 aliphatic carbocycles. The maximum Gasteiger partial charge on any atom is 0.699 e. The number of halogens is 1. The third kappa shape index (κ3) is 5.97. The van der Waals surface area contributed by atoms with Crippen LogP contribution in [0, 0.1) is 5.82 Å². The van der Waals surface area contributed by atoms with Gasteiger partial charge in [-0.25, -0.2) is 14.1 Å². The predicted molar refractivity (Wildman–Crippen MR) is 129 cm³/mol. The first-order chi connectivity index (χ1) is 16.6. The first-order valence-corrected chi connectivity index (χ1v) is 12.0. The minimum atomic E-state index is -2.28. The van der Waals surface area contributed by atoms with E-state index in [1.165, 1.54) is 10.7 Å². The maximum atomic E-state index is 13.8. The molecule has 0 aliphatic rings. The fourth-order valence-electron chi connectivity index (χ4n) is 3.41. The van der Waals surface area contributed by atoms with Crippen LogP contribution in [0.5, 0.6) is 0 Å². The molecule has 4 rings (SSSR count). The van der Waals surface area contributed by atoms with Gasteiger partial charge in [-0.3, -0.25) is 4.79 Å². The molecule has 1 amide bonds. The second kappa shape index (κ2) is 10.0. The molecule has 1 atom stereocenters. The Balaban J connectivity index is 1.46. The molecule has 35 heavy (non-hydrogen) atoms. The Morgan fingerprint density at radius 3 is 2.71 bits per heavy atom. The number of rotatable bonds is 8. The summed E-state index contributed by atoms with van der Waals surface area (Å²) in [5.41, 5.74) is 2.24. The van der Waals surface area contributed by atoms with E-state index in [4.69, 9.17) is 9.05 Å². The van der Waals surface area contributed by atoms with E-state index < -0.39 is 13.9 Å². The summed E-state index contributed by atoms with van der Waals surface area (Å²) >= 11 is 0. The summed E-state index contributed by atoms with van der Waals surface area (Å²) in [5, 5.41) is 7.77. The van der Waals surface area contributed by atoms with E-state index in [0.29, 0.717) is 22.6 Å². The summed E-state index contributed by atoms with van der Waals surface area (Å²) in [4.78, 5) is 17.4.